The summed E-state index contributed by atoms with van der Waals surface area (Å²) < 4.78 is 0.932. The number of hydrogen-bond acceptors (Lipinski definition) is 2. The Morgan fingerprint density at radius 1 is 1.60 bits per heavy atom. The zero-order valence-corrected chi connectivity index (χ0v) is 7.61. The molecule has 0 amide bonds. The second kappa shape index (κ2) is 2.90. The molecule has 0 saturated heterocycles. The second-order valence-electron chi connectivity index (χ2n) is 1.47. The molecular formula is C4HBrCl2N2O. The molecular weight excluding hydrogens is 243 g/mol. The van der Waals surface area contributed by atoms with Crippen LogP contribution in [-0.4, -0.2) is 8.81 Å². The van der Waals surface area contributed by atoms with E-state index < -0.39 is 5.56 Å². The second-order valence-corrected chi connectivity index (χ2v) is 2.93. The first-order chi connectivity index (χ1) is 4.63. The summed E-state index contributed by atoms with van der Waals surface area (Å²) in [6.45, 7) is 0. The summed E-state index contributed by atoms with van der Waals surface area (Å²) in [5.41, 5.74) is -0.464. The van der Waals surface area contributed by atoms with E-state index in [0.29, 0.717) is 0 Å². The maximum Gasteiger partial charge on any atom is 0.297 e. The van der Waals surface area contributed by atoms with E-state index in [1.807, 2.05) is 0 Å². The Morgan fingerprint density at radius 3 is 2.70 bits per heavy atom. The smallest absolute Gasteiger partial charge is 0.265 e. The largest absolute Gasteiger partial charge is 0.297 e. The highest BCUT2D eigenvalue weighted by Gasteiger charge is 2.03. The summed E-state index contributed by atoms with van der Waals surface area (Å²) in [5, 5.41) is 3.66. The van der Waals surface area contributed by atoms with Crippen LogP contribution in [0.25, 0.3) is 0 Å². The first kappa shape index (κ1) is 8.04. The Balaban J connectivity index is 3.50. The number of aromatic nitrogens is 2. The van der Waals surface area contributed by atoms with Gasteiger partial charge >= 0.3 is 0 Å². The number of rotatable bonds is 0. The predicted octanol–water partition coefficient (Wildman–Crippen LogP) is 1.71. The van der Waals surface area contributed by atoms with Gasteiger partial charge in [0.2, 0.25) is 0 Å². The fourth-order valence-corrected chi connectivity index (χ4v) is 1.02. The van der Waals surface area contributed by atoms with E-state index in [0.717, 1.165) is 3.71 Å². The summed E-state index contributed by atoms with van der Waals surface area (Å²) in [5.74, 6) is 0. The van der Waals surface area contributed by atoms with E-state index >= 15 is 0 Å². The first-order valence-corrected chi connectivity index (χ1v) is 3.69. The molecule has 1 aromatic heterocycles. The standard InChI is InChI=1S/C4HBrCl2N2O/c5-9-4(10)3(7)2(6)1-8-9/h1H. The molecule has 0 aliphatic carbocycles. The average molecular weight is 244 g/mol. The van der Waals surface area contributed by atoms with Crippen LogP contribution in [0.5, 0.6) is 0 Å². The molecule has 0 fully saturated rings. The molecule has 54 valence electrons. The van der Waals surface area contributed by atoms with Crippen molar-refractivity contribution in [2.45, 2.75) is 0 Å². The van der Waals surface area contributed by atoms with Crippen LogP contribution in [-0.2, 0) is 0 Å². The summed E-state index contributed by atoms with van der Waals surface area (Å²) in [6, 6.07) is 0. The molecule has 0 aromatic carbocycles. The van der Waals surface area contributed by atoms with Gasteiger partial charge in [-0.3, -0.25) is 4.79 Å². The minimum atomic E-state index is -0.464. The Kier molecular flexibility index (Phi) is 2.33. The monoisotopic (exact) mass is 242 g/mol. The third-order valence-corrected chi connectivity index (χ3v) is 2.09. The highest BCUT2D eigenvalue weighted by atomic mass is 79.9. The van der Waals surface area contributed by atoms with Gasteiger partial charge in [0.25, 0.3) is 5.56 Å². The average Bonchev–Trinajstić information content (AvgIpc) is 1.93. The first-order valence-electron chi connectivity index (χ1n) is 2.22. The lowest BCUT2D eigenvalue weighted by Crippen LogP contribution is -2.14. The van der Waals surface area contributed by atoms with E-state index in [-0.39, 0.29) is 10.0 Å². The van der Waals surface area contributed by atoms with Gasteiger partial charge in [-0.25, -0.2) is 0 Å². The highest BCUT2D eigenvalue weighted by molar-refractivity contribution is 9.08. The topological polar surface area (TPSA) is 34.9 Å². The lowest BCUT2D eigenvalue weighted by molar-refractivity contribution is 0.937. The van der Waals surface area contributed by atoms with Crippen LogP contribution in [0.1, 0.15) is 0 Å². The normalized spacial score (nSPS) is 9.90. The fourth-order valence-electron chi connectivity index (χ4n) is 0.394. The van der Waals surface area contributed by atoms with E-state index in [1.54, 1.807) is 0 Å². The molecule has 0 unspecified atom stereocenters. The number of halogens is 3. The zero-order chi connectivity index (χ0) is 7.72. The van der Waals surface area contributed by atoms with Gasteiger partial charge < -0.3 is 0 Å². The third-order valence-electron chi connectivity index (χ3n) is 0.837. The maximum absolute atomic E-state index is 10.8. The minimum absolute atomic E-state index is 0.0338. The Morgan fingerprint density at radius 2 is 2.20 bits per heavy atom. The van der Waals surface area contributed by atoms with Crippen molar-refractivity contribution >= 4 is 39.3 Å². The Labute approximate surface area is 74.9 Å². The number of nitrogens with zero attached hydrogens (tertiary/aromatic N) is 2. The molecule has 1 aromatic rings. The van der Waals surface area contributed by atoms with Gasteiger partial charge in [-0.2, -0.15) is 8.81 Å². The molecule has 10 heavy (non-hydrogen) atoms. The van der Waals surface area contributed by atoms with Crippen molar-refractivity contribution in [3.8, 4) is 0 Å². The summed E-state index contributed by atoms with van der Waals surface area (Å²) in [7, 11) is 0. The third kappa shape index (κ3) is 1.33. The van der Waals surface area contributed by atoms with Gasteiger partial charge in [0.1, 0.15) is 5.02 Å². The van der Waals surface area contributed by atoms with E-state index in [2.05, 4.69) is 21.2 Å². The quantitative estimate of drug-likeness (QED) is 0.696. The fraction of sp³-hybridized carbons (Fsp3) is 0. The Bertz CT molecular complexity index is 311. The lowest BCUT2D eigenvalue weighted by atomic mass is 10.6. The van der Waals surface area contributed by atoms with Crippen LogP contribution in [0.2, 0.25) is 10.0 Å². The molecule has 0 aliphatic rings. The van der Waals surface area contributed by atoms with Crippen molar-refractivity contribution in [1.82, 2.24) is 8.81 Å². The molecule has 0 bridgehead atoms. The van der Waals surface area contributed by atoms with Crippen molar-refractivity contribution in [3.63, 3.8) is 0 Å². The molecule has 0 saturated carbocycles. The molecule has 1 heterocycles. The molecule has 0 radical (unpaired) electrons. The predicted molar refractivity (Wildman–Crippen MR) is 42.8 cm³/mol. The maximum atomic E-state index is 10.8. The van der Waals surface area contributed by atoms with E-state index in [9.17, 15) is 4.79 Å². The summed E-state index contributed by atoms with van der Waals surface area (Å²) >= 11 is 13.7. The molecule has 0 spiro atoms. The van der Waals surface area contributed by atoms with Crippen molar-refractivity contribution < 1.29 is 0 Å². The van der Waals surface area contributed by atoms with Crippen LogP contribution in [0.4, 0.5) is 0 Å². The molecule has 6 heteroatoms. The van der Waals surface area contributed by atoms with Crippen molar-refractivity contribution in [2.75, 3.05) is 0 Å². The van der Waals surface area contributed by atoms with Gasteiger partial charge in [0.05, 0.1) is 27.4 Å². The highest BCUT2D eigenvalue weighted by Crippen LogP contribution is 2.14. The summed E-state index contributed by atoms with van der Waals surface area (Å²) in [6.07, 6.45) is 1.28. The molecule has 0 N–H and O–H groups in total. The minimum Gasteiger partial charge on any atom is -0.265 e. The van der Waals surface area contributed by atoms with Crippen LogP contribution < -0.4 is 5.56 Å². The zero-order valence-electron chi connectivity index (χ0n) is 4.51. The van der Waals surface area contributed by atoms with Crippen LogP contribution in [0.3, 0.4) is 0 Å². The van der Waals surface area contributed by atoms with Crippen LogP contribution in [0, 0.1) is 0 Å². The molecule has 0 atom stereocenters. The molecule has 3 nitrogen and oxygen atoms in total. The summed E-state index contributed by atoms with van der Waals surface area (Å²) in [4.78, 5) is 10.8. The number of hydrogen-bond donors (Lipinski definition) is 0. The SMILES string of the molecule is O=c1c(Cl)c(Cl)cnn1Br. The lowest BCUT2D eigenvalue weighted by Gasteiger charge is -1.93. The van der Waals surface area contributed by atoms with Crippen LogP contribution >= 0.6 is 39.3 Å². The van der Waals surface area contributed by atoms with Crippen molar-refractivity contribution in [3.05, 3.63) is 26.6 Å². The van der Waals surface area contributed by atoms with Gasteiger partial charge in [-0.05, 0) is 0 Å². The van der Waals surface area contributed by atoms with Crippen molar-refractivity contribution in [2.24, 2.45) is 0 Å². The van der Waals surface area contributed by atoms with E-state index in [1.165, 1.54) is 6.20 Å². The van der Waals surface area contributed by atoms with E-state index in [4.69, 9.17) is 23.2 Å². The van der Waals surface area contributed by atoms with Gasteiger partial charge in [-0.1, -0.05) is 23.2 Å². The van der Waals surface area contributed by atoms with Gasteiger partial charge in [0.15, 0.2) is 0 Å². The van der Waals surface area contributed by atoms with Gasteiger partial charge in [0, 0.05) is 0 Å². The van der Waals surface area contributed by atoms with Gasteiger partial charge in [-0.15, -0.1) is 0 Å². The Hall–Kier alpha value is -0.0600. The molecule has 0 aliphatic heterocycles. The van der Waals surface area contributed by atoms with Crippen molar-refractivity contribution in [1.29, 1.82) is 0 Å². The molecule has 1 rings (SSSR count). The van der Waals surface area contributed by atoms with Crippen LogP contribution in [0.15, 0.2) is 11.0 Å².